The van der Waals surface area contributed by atoms with E-state index in [4.69, 9.17) is 10.8 Å². The van der Waals surface area contributed by atoms with Gasteiger partial charge in [-0.15, -0.1) is 0 Å². The summed E-state index contributed by atoms with van der Waals surface area (Å²) in [5.41, 5.74) is 5.81. The van der Waals surface area contributed by atoms with Gasteiger partial charge >= 0.3 is 0 Å². The average molecular weight is 270 g/mol. The number of carbonyl (C=O) groups excluding carboxylic acids is 1. The minimum Gasteiger partial charge on any atom is -0.396 e. The molecule has 4 nitrogen and oxygen atoms in total. The standard InChI is InChI=1S/C15H30N2O2/c1-12(2)13(5-9-16)3-4-14(19)17-11-15(6-7-15)8-10-18/h12-13,18H,3-11,16H2,1-2H3,(H,17,19). The molecule has 0 aromatic heterocycles. The minimum atomic E-state index is 0.145. The SMILES string of the molecule is CC(C)C(CCN)CCC(=O)NCC1(CCO)CC1. The van der Waals surface area contributed by atoms with Crippen molar-refractivity contribution in [2.75, 3.05) is 19.7 Å². The van der Waals surface area contributed by atoms with Gasteiger partial charge < -0.3 is 16.2 Å². The second kappa shape index (κ2) is 7.85. The molecule has 0 aromatic rings. The summed E-state index contributed by atoms with van der Waals surface area (Å²) >= 11 is 0. The van der Waals surface area contributed by atoms with Gasteiger partial charge in [0.1, 0.15) is 0 Å². The summed E-state index contributed by atoms with van der Waals surface area (Å²) in [6, 6.07) is 0. The van der Waals surface area contributed by atoms with Gasteiger partial charge in [-0.1, -0.05) is 13.8 Å². The van der Waals surface area contributed by atoms with Crippen molar-refractivity contribution in [3.63, 3.8) is 0 Å². The highest BCUT2D eigenvalue weighted by atomic mass is 16.3. The van der Waals surface area contributed by atoms with Crippen LogP contribution in [-0.4, -0.2) is 30.7 Å². The van der Waals surface area contributed by atoms with Crippen LogP contribution in [0.15, 0.2) is 0 Å². The lowest BCUT2D eigenvalue weighted by atomic mass is 9.88. The summed E-state index contributed by atoms with van der Waals surface area (Å²) in [6.45, 7) is 6.04. The second-order valence-electron chi connectivity index (χ2n) is 6.37. The molecule has 1 aliphatic carbocycles. The van der Waals surface area contributed by atoms with E-state index >= 15 is 0 Å². The van der Waals surface area contributed by atoms with Crippen molar-refractivity contribution in [1.82, 2.24) is 5.32 Å². The van der Waals surface area contributed by atoms with Crippen LogP contribution in [0.1, 0.15) is 52.4 Å². The predicted octanol–water partition coefficient (Wildman–Crippen LogP) is 1.67. The van der Waals surface area contributed by atoms with Crippen LogP contribution in [0.4, 0.5) is 0 Å². The molecule has 0 heterocycles. The molecule has 1 amide bonds. The quantitative estimate of drug-likeness (QED) is 0.565. The number of nitrogens with two attached hydrogens (primary N) is 1. The molecule has 1 saturated carbocycles. The number of nitrogens with one attached hydrogen (secondary N) is 1. The Morgan fingerprint density at radius 1 is 1.37 bits per heavy atom. The summed E-state index contributed by atoms with van der Waals surface area (Å²) in [6.07, 6.45) is 5.60. The summed E-state index contributed by atoms with van der Waals surface area (Å²) < 4.78 is 0. The van der Waals surface area contributed by atoms with Gasteiger partial charge in [-0.25, -0.2) is 0 Å². The fourth-order valence-corrected chi connectivity index (χ4v) is 2.65. The zero-order valence-electron chi connectivity index (χ0n) is 12.5. The van der Waals surface area contributed by atoms with E-state index < -0.39 is 0 Å². The van der Waals surface area contributed by atoms with Crippen LogP contribution >= 0.6 is 0 Å². The highest BCUT2D eigenvalue weighted by Gasteiger charge is 2.41. The van der Waals surface area contributed by atoms with Crippen LogP contribution in [0.3, 0.4) is 0 Å². The van der Waals surface area contributed by atoms with E-state index in [0.717, 1.165) is 38.6 Å². The van der Waals surface area contributed by atoms with E-state index in [1.54, 1.807) is 0 Å². The van der Waals surface area contributed by atoms with Crippen molar-refractivity contribution in [2.24, 2.45) is 23.0 Å². The van der Waals surface area contributed by atoms with Crippen LogP contribution in [-0.2, 0) is 4.79 Å². The van der Waals surface area contributed by atoms with Gasteiger partial charge in [-0.2, -0.15) is 0 Å². The molecular weight excluding hydrogens is 240 g/mol. The molecule has 0 spiro atoms. The largest absolute Gasteiger partial charge is 0.396 e. The number of hydrogen-bond donors (Lipinski definition) is 3. The van der Waals surface area contributed by atoms with Crippen LogP contribution < -0.4 is 11.1 Å². The minimum absolute atomic E-state index is 0.145. The third kappa shape index (κ3) is 5.91. The number of aliphatic hydroxyl groups excluding tert-OH is 1. The lowest BCUT2D eigenvalue weighted by Gasteiger charge is -2.20. The van der Waals surface area contributed by atoms with Crippen molar-refractivity contribution in [1.29, 1.82) is 0 Å². The third-order valence-electron chi connectivity index (χ3n) is 4.48. The molecule has 0 aliphatic heterocycles. The smallest absolute Gasteiger partial charge is 0.220 e. The molecule has 0 aromatic carbocycles. The molecule has 112 valence electrons. The summed E-state index contributed by atoms with van der Waals surface area (Å²) in [5.74, 6) is 1.27. The molecule has 1 atom stereocenters. The maximum atomic E-state index is 11.8. The Morgan fingerprint density at radius 2 is 2.05 bits per heavy atom. The molecule has 1 rings (SSSR count). The first kappa shape index (κ1) is 16.4. The molecule has 4 heteroatoms. The van der Waals surface area contributed by atoms with Gasteiger partial charge in [0, 0.05) is 19.6 Å². The topological polar surface area (TPSA) is 75.4 Å². The molecule has 0 bridgehead atoms. The number of carbonyl (C=O) groups is 1. The van der Waals surface area contributed by atoms with E-state index in [9.17, 15) is 4.79 Å². The molecule has 19 heavy (non-hydrogen) atoms. The summed E-state index contributed by atoms with van der Waals surface area (Å²) in [5, 5.41) is 12.0. The van der Waals surface area contributed by atoms with E-state index in [1.807, 2.05) is 0 Å². The first-order chi connectivity index (χ1) is 9.03. The van der Waals surface area contributed by atoms with E-state index in [2.05, 4.69) is 19.2 Å². The van der Waals surface area contributed by atoms with Gasteiger partial charge in [0.2, 0.25) is 5.91 Å². The first-order valence-corrected chi connectivity index (χ1v) is 7.60. The van der Waals surface area contributed by atoms with Crippen LogP contribution in [0.5, 0.6) is 0 Å². The zero-order valence-corrected chi connectivity index (χ0v) is 12.5. The van der Waals surface area contributed by atoms with Crippen LogP contribution in [0.2, 0.25) is 0 Å². The summed E-state index contributed by atoms with van der Waals surface area (Å²) in [4.78, 5) is 11.8. The number of rotatable bonds is 10. The Kier molecular flexibility index (Phi) is 6.80. The Balaban J connectivity index is 2.20. The van der Waals surface area contributed by atoms with Crippen molar-refractivity contribution in [2.45, 2.75) is 52.4 Å². The summed E-state index contributed by atoms with van der Waals surface area (Å²) in [7, 11) is 0. The van der Waals surface area contributed by atoms with Crippen molar-refractivity contribution in [3.8, 4) is 0 Å². The fraction of sp³-hybridized carbons (Fsp3) is 0.933. The Hall–Kier alpha value is -0.610. The fourth-order valence-electron chi connectivity index (χ4n) is 2.65. The average Bonchev–Trinajstić information content (AvgIpc) is 3.12. The molecule has 1 unspecified atom stereocenters. The molecule has 0 radical (unpaired) electrons. The predicted molar refractivity (Wildman–Crippen MR) is 77.6 cm³/mol. The number of amides is 1. The number of hydrogen-bond acceptors (Lipinski definition) is 3. The van der Waals surface area contributed by atoms with Gasteiger partial charge in [-0.3, -0.25) is 4.79 Å². The first-order valence-electron chi connectivity index (χ1n) is 7.60. The molecule has 1 aliphatic rings. The van der Waals surface area contributed by atoms with Gasteiger partial charge in [0.25, 0.3) is 0 Å². The Morgan fingerprint density at radius 3 is 2.53 bits per heavy atom. The van der Waals surface area contributed by atoms with Crippen LogP contribution in [0.25, 0.3) is 0 Å². The molecule has 4 N–H and O–H groups in total. The maximum Gasteiger partial charge on any atom is 0.220 e. The molecular formula is C15H30N2O2. The zero-order chi connectivity index (χ0) is 14.3. The van der Waals surface area contributed by atoms with Crippen molar-refractivity contribution >= 4 is 5.91 Å². The normalized spacial score (nSPS) is 18.4. The Labute approximate surface area is 117 Å². The van der Waals surface area contributed by atoms with E-state index in [0.29, 0.717) is 24.8 Å². The maximum absolute atomic E-state index is 11.8. The second-order valence-corrected chi connectivity index (χ2v) is 6.37. The highest BCUT2D eigenvalue weighted by Crippen LogP contribution is 2.47. The third-order valence-corrected chi connectivity index (χ3v) is 4.48. The van der Waals surface area contributed by atoms with Gasteiger partial charge in [0.05, 0.1) is 0 Å². The highest BCUT2D eigenvalue weighted by molar-refractivity contribution is 5.75. The monoisotopic (exact) mass is 270 g/mol. The lowest BCUT2D eigenvalue weighted by Crippen LogP contribution is -2.31. The lowest BCUT2D eigenvalue weighted by molar-refractivity contribution is -0.121. The number of aliphatic hydroxyl groups is 1. The molecule has 0 saturated heterocycles. The van der Waals surface area contributed by atoms with Gasteiger partial charge in [0.15, 0.2) is 0 Å². The van der Waals surface area contributed by atoms with Crippen molar-refractivity contribution in [3.05, 3.63) is 0 Å². The van der Waals surface area contributed by atoms with E-state index in [-0.39, 0.29) is 17.9 Å². The molecule has 1 fully saturated rings. The Bertz CT molecular complexity index is 275. The van der Waals surface area contributed by atoms with Crippen molar-refractivity contribution < 1.29 is 9.90 Å². The van der Waals surface area contributed by atoms with Crippen LogP contribution in [0, 0.1) is 17.3 Å². The van der Waals surface area contributed by atoms with E-state index in [1.165, 1.54) is 0 Å². The van der Waals surface area contributed by atoms with Gasteiger partial charge in [-0.05, 0) is 55.9 Å².